The molecule has 0 aliphatic rings. The van der Waals surface area contributed by atoms with Crippen LogP contribution in [0.3, 0.4) is 0 Å². The van der Waals surface area contributed by atoms with Crippen LogP contribution in [0, 0.1) is 6.92 Å². The molecule has 4 aromatic rings. The van der Waals surface area contributed by atoms with Crippen LogP contribution in [0.1, 0.15) is 16.1 Å². The summed E-state index contributed by atoms with van der Waals surface area (Å²) in [5, 5.41) is 4.79. The number of nitrogens with one attached hydrogen (secondary N) is 1. The number of hydrogen-bond donors (Lipinski definition) is 1. The van der Waals surface area contributed by atoms with Crippen molar-refractivity contribution >= 4 is 33.5 Å². The molecule has 1 N–H and O–H groups in total. The van der Waals surface area contributed by atoms with E-state index in [1.807, 2.05) is 61.5 Å². The number of para-hydroxylation sites is 1. The molecule has 4 heteroatoms. The summed E-state index contributed by atoms with van der Waals surface area (Å²) in [5.41, 5.74) is 3.12. The summed E-state index contributed by atoms with van der Waals surface area (Å²) in [6, 6.07) is 17.1. The minimum atomic E-state index is -0.255. The number of anilines is 1. The van der Waals surface area contributed by atoms with Crippen molar-refractivity contribution in [3.63, 3.8) is 0 Å². The lowest BCUT2D eigenvalue weighted by Crippen LogP contribution is -2.12. The zero-order valence-electron chi connectivity index (χ0n) is 12.5. The fourth-order valence-corrected chi connectivity index (χ4v) is 2.78. The lowest BCUT2D eigenvalue weighted by Gasteiger charge is -2.07. The Hall–Kier alpha value is -3.14. The second-order valence-electron chi connectivity index (χ2n) is 5.38. The number of furan rings is 1. The Bertz CT molecular complexity index is 1030. The molecule has 2 aromatic heterocycles. The standard InChI is InChI=1S/C19H14N2O2/c1-12-13-6-2-3-10-17(13)23-18(12)19(22)21-16-9-4-8-15-14(16)7-5-11-20-15/h2-11H,1H3,(H,21,22). The average Bonchev–Trinajstić information content (AvgIpc) is 2.93. The number of carbonyl (C=O) groups excluding carboxylic acids is 1. The summed E-state index contributed by atoms with van der Waals surface area (Å²) < 4.78 is 5.72. The molecule has 0 radical (unpaired) electrons. The van der Waals surface area contributed by atoms with E-state index in [9.17, 15) is 4.79 Å². The molecular formula is C19H14N2O2. The third-order valence-electron chi connectivity index (χ3n) is 3.94. The molecule has 0 bridgehead atoms. The van der Waals surface area contributed by atoms with Gasteiger partial charge in [-0.15, -0.1) is 0 Å². The highest BCUT2D eigenvalue weighted by Gasteiger charge is 2.18. The van der Waals surface area contributed by atoms with Crippen molar-refractivity contribution in [2.75, 3.05) is 5.32 Å². The highest BCUT2D eigenvalue weighted by molar-refractivity contribution is 6.09. The highest BCUT2D eigenvalue weighted by Crippen LogP contribution is 2.27. The summed E-state index contributed by atoms with van der Waals surface area (Å²) in [6.45, 7) is 1.89. The number of aryl methyl sites for hydroxylation is 1. The van der Waals surface area contributed by atoms with Crippen LogP contribution in [0.25, 0.3) is 21.9 Å². The first-order valence-corrected chi connectivity index (χ1v) is 7.37. The van der Waals surface area contributed by atoms with E-state index in [0.717, 1.165) is 33.1 Å². The van der Waals surface area contributed by atoms with Crippen LogP contribution >= 0.6 is 0 Å². The number of nitrogens with zero attached hydrogens (tertiary/aromatic N) is 1. The molecule has 2 aromatic carbocycles. The maximum Gasteiger partial charge on any atom is 0.291 e. The molecule has 0 spiro atoms. The summed E-state index contributed by atoms with van der Waals surface area (Å²) in [7, 11) is 0. The van der Waals surface area contributed by atoms with Crippen LogP contribution in [-0.4, -0.2) is 10.9 Å². The quantitative estimate of drug-likeness (QED) is 0.591. The monoisotopic (exact) mass is 302 g/mol. The minimum Gasteiger partial charge on any atom is -0.451 e. The van der Waals surface area contributed by atoms with Gasteiger partial charge in [-0.25, -0.2) is 0 Å². The van der Waals surface area contributed by atoms with Crippen molar-refractivity contribution in [2.24, 2.45) is 0 Å². The van der Waals surface area contributed by atoms with Gasteiger partial charge >= 0.3 is 0 Å². The van der Waals surface area contributed by atoms with Crippen molar-refractivity contribution in [1.82, 2.24) is 4.98 Å². The molecule has 0 fully saturated rings. The highest BCUT2D eigenvalue weighted by atomic mass is 16.3. The molecule has 112 valence electrons. The number of rotatable bonds is 2. The summed E-state index contributed by atoms with van der Waals surface area (Å²) in [4.78, 5) is 16.9. The SMILES string of the molecule is Cc1c(C(=O)Nc2cccc3ncccc23)oc2ccccc12. The van der Waals surface area contributed by atoms with E-state index >= 15 is 0 Å². The fourth-order valence-electron chi connectivity index (χ4n) is 2.78. The van der Waals surface area contributed by atoms with Crippen LogP contribution in [0.2, 0.25) is 0 Å². The van der Waals surface area contributed by atoms with Gasteiger partial charge in [0.1, 0.15) is 5.58 Å². The van der Waals surface area contributed by atoms with Gasteiger partial charge in [-0.2, -0.15) is 0 Å². The Labute approximate surface area is 132 Å². The lowest BCUT2D eigenvalue weighted by atomic mass is 10.1. The molecule has 23 heavy (non-hydrogen) atoms. The second-order valence-corrected chi connectivity index (χ2v) is 5.38. The van der Waals surface area contributed by atoms with Gasteiger partial charge in [0, 0.05) is 22.5 Å². The summed E-state index contributed by atoms with van der Waals surface area (Å²) in [6.07, 6.45) is 1.73. The van der Waals surface area contributed by atoms with E-state index in [1.54, 1.807) is 6.20 Å². The van der Waals surface area contributed by atoms with Crippen molar-refractivity contribution in [3.05, 3.63) is 72.1 Å². The molecule has 4 rings (SSSR count). The van der Waals surface area contributed by atoms with Gasteiger partial charge in [-0.3, -0.25) is 9.78 Å². The van der Waals surface area contributed by atoms with Crippen LogP contribution in [0.5, 0.6) is 0 Å². The van der Waals surface area contributed by atoms with Crippen molar-refractivity contribution in [1.29, 1.82) is 0 Å². The Balaban J connectivity index is 1.75. The Morgan fingerprint density at radius 1 is 1.00 bits per heavy atom. The largest absolute Gasteiger partial charge is 0.451 e. The Morgan fingerprint density at radius 2 is 1.83 bits per heavy atom. The first-order valence-electron chi connectivity index (χ1n) is 7.37. The number of hydrogen-bond acceptors (Lipinski definition) is 3. The fraction of sp³-hybridized carbons (Fsp3) is 0.0526. The molecule has 0 unspecified atom stereocenters. The predicted molar refractivity (Wildman–Crippen MR) is 90.6 cm³/mol. The van der Waals surface area contributed by atoms with E-state index in [2.05, 4.69) is 10.3 Å². The first-order chi connectivity index (χ1) is 11.2. The van der Waals surface area contributed by atoms with E-state index < -0.39 is 0 Å². The topological polar surface area (TPSA) is 55.1 Å². The molecule has 0 saturated heterocycles. The molecule has 4 nitrogen and oxygen atoms in total. The number of aromatic nitrogens is 1. The van der Waals surface area contributed by atoms with E-state index in [0.29, 0.717) is 5.76 Å². The van der Waals surface area contributed by atoms with Gasteiger partial charge in [-0.1, -0.05) is 24.3 Å². The molecule has 0 aliphatic heterocycles. The number of pyridine rings is 1. The van der Waals surface area contributed by atoms with Crippen LogP contribution in [0.15, 0.2) is 65.2 Å². The van der Waals surface area contributed by atoms with Gasteiger partial charge in [0.2, 0.25) is 0 Å². The minimum absolute atomic E-state index is 0.255. The maximum atomic E-state index is 12.6. The van der Waals surface area contributed by atoms with Gasteiger partial charge in [-0.05, 0) is 37.3 Å². The van der Waals surface area contributed by atoms with Crippen molar-refractivity contribution in [3.8, 4) is 0 Å². The summed E-state index contributed by atoms with van der Waals surface area (Å²) in [5.74, 6) is 0.0853. The summed E-state index contributed by atoms with van der Waals surface area (Å²) >= 11 is 0. The molecule has 1 amide bonds. The Morgan fingerprint density at radius 3 is 2.70 bits per heavy atom. The number of fused-ring (bicyclic) bond motifs is 2. The Kier molecular flexibility index (Phi) is 3.08. The van der Waals surface area contributed by atoms with Gasteiger partial charge in [0.15, 0.2) is 5.76 Å². The predicted octanol–water partition coefficient (Wildman–Crippen LogP) is 4.54. The molecular weight excluding hydrogens is 288 g/mol. The van der Waals surface area contributed by atoms with Gasteiger partial charge in [0.05, 0.1) is 11.2 Å². The van der Waals surface area contributed by atoms with E-state index in [-0.39, 0.29) is 5.91 Å². The molecule has 0 atom stereocenters. The normalized spacial score (nSPS) is 11.0. The maximum absolute atomic E-state index is 12.6. The number of amides is 1. The van der Waals surface area contributed by atoms with Crippen molar-refractivity contribution < 1.29 is 9.21 Å². The second kappa shape index (κ2) is 5.25. The number of carbonyl (C=O) groups is 1. The van der Waals surface area contributed by atoms with Crippen LogP contribution < -0.4 is 5.32 Å². The lowest BCUT2D eigenvalue weighted by molar-refractivity contribution is 0.0998. The molecule has 2 heterocycles. The number of benzene rings is 2. The molecule has 0 saturated carbocycles. The average molecular weight is 302 g/mol. The van der Waals surface area contributed by atoms with Gasteiger partial charge in [0.25, 0.3) is 5.91 Å². The van der Waals surface area contributed by atoms with Crippen LogP contribution in [-0.2, 0) is 0 Å². The third kappa shape index (κ3) is 2.25. The third-order valence-corrected chi connectivity index (χ3v) is 3.94. The first kappa shape index (κ1) is 13.5. The van der Waals surface area contributed by atoms with Crippen LogP contribution in [0.4, 0.5) is 5.69 Å². The van der Waals surface area contributed by atoms with Crippen molar-refractivity contribution in [2.45, 2.75) is 6.92 Å². The van der Waals surface area contributed by atoms with Gasteiger partial charge < -0.3 is 9.73 Å². The zero-order chi connectivity index (χ0) is 15.8. The zero-order valence-corrected chi connectivity index (χ0v) is 12.5. The smallest absolute Gasteiger partial charge is 0.291 e. The van der Waals surface area contributed by atoms with E-state index in [1.165, 1.54) is 0 Å². The molecule has 0 aliphatic carbocycles. The van der Waals surface area contributed by atoms with E-state index in [4.69, 9.17) is 4.42 Å².